The molecule has 0 spiro atoms. The molecule has 0 saturated heterocycles. The predicted octanol–water partition coefficient (Wildman–Crippen LogP) is 2.44. The number of hydrogen-bond donors (Lipinski definition) is 1. The number of carbonyl (C=O) groups excluding carboxylic acids is 1. The van der Waals surface area contributed by atoms with Crippen molar-refractivity contribution in [3.63, 3.8) is 0 Å². The molecule has 17 heavy (non-hydrogen) atoms. The van der Waals surface area contributed by atoms with Gasteiger partial charge in [-0.25, -0.2) is 0 Å². The molecule has 3 nitrogen and oxygen atoms in total. The normalized spacial score (nSPS) is 14.9. The Balaban J connectivity index is 2.11. The SMILES string of the molecule is Cc1ccc2cccnc2c1C(=O)NC1CC1. The molecule has 0 radical (unpaired) electrons. The van der Waals surface area contributed by atoms with Crippen molar-refractivity contribution in [3.8, 4) is 0 Å². The summed E-state index contributed by atoms with van der Waals surface area (Å²) >= 11 is 0. The Morgan fingerprint density at radius 1 is 1.35 bits per heavy atom. The quantitative estimate of drug-likeness (QED) is 0.854. The fraction of sp³-hybridized carbons (Fsp3) is 0.286. The third-order valence-corrected chi connectivity index (χ3v) is 3.12. The van der Waals surface area contributed by atoms with Gasteiger partial charge in [-0.3, -0.25) is 9.78 Å². The molecule has 0 unspecified atom stereocenters. The second-order valence-electron chi connectivity index (χ2n) is 4.58. The Kier molecular flexibility index (Phi) is 2.32. The van der Waals surface area contributed by atoms with Gasteiger partial charge in [0, 0.05) is 17.6 Å². The minimum absolute atomic E-state index is 0.00861. The molecule has 1 aliphatic carbocycles. The molecule has 1 aromatic carbocycles. The van der Waals surface area contributed by atoms with E-state index in [-0.39, 0.29) is 5.91 Å². The van der Waals surface area contributed by atoms with E-state index in [0.29, 0.717) is 6.04 Å². The number of aryl methyl sites for hydroxylation is 1. The summed E-state index contributed by atoms with van der Waals surface area (Å²) in [7, 11) is 0. The van der Waals surface area contributed by atoms with E-state index in [9.17, 15) is 4.79 Å². The van der Waals surface area contributed by atoms with Crippen LogP contribution < -0.4 is 5.32 Å². The Morgan fingerprint density at radius 2 is 2.18 bits per heavy atom. The number of amides is 1. The molecular formula is C14H14N2O. The lowest BCUT2D eigenvalue weighted by molar-refractivity contribution is 0.0952. The van der Waals surface area contributed by atoms with Crippen molar-refractivity contribution in [2.45, 2.75) is 25.8 Å². The highest BCUT2D eigenvalue weighted by Crippen LogP contribution is 2.23. The predicted molar refractivity (Wildman–Crippen MR) is 67.0 cm³/mol. The average molecular weight is 226 g/mol. The van der Waals surface area contributed by atoms with E-state index in [0.717, 1.165) is 34.9 Å². The summed E-state index contributed by atoms with van der Waals surface area (Å²) in [5.41, 5.74) is 2.50. The summed E-state index contributed by atoms with van der Waals surface area (Å²) in [4.78, 5) is 16.5. The summed E-state index contributed by atoms with van der Waals surface area (Å²) in [5.74, 6) is 0.00861. The molecule has 3 rings (SSSR count). The lowest BCUT2D eigenvalue weighted by Gasteiger charge is -2.09. The van der Waals surface area contributed by atoms with Crippen LogP contribution in [0.4, 0.5) is 0 Å². The van der Waals surface area contributed by atoms with Crippen LogP contribution in [0.2, 0.25) is 0 Å². The maximum absolute atomic E-state index is 12.2. The number of rotatable bonds is 2. The summed E-state index contributed by atoms with van der Waals surface area (Å²) in [6, 6.07) is 8.23. The number of pyridine rings is 1. The Bertz CT molecular complexity index is 588. The maximum Gasteiger partial charge on any atom is 0.253 e. The lowest BCUT2D eigenvalue weighted by atomic mass is 10.0. The zero-order valence-corrected chi connectivity index (χ0v) is 9.73. The molecule has 1 amide bonds. The van der Waals surface area contributed by atoms with Crippen LogP contribution in [0.15, 0.2) is 30.5 Å². The minimum atomic E-state index is 0.00861. The first-order valence-corrected chi connectivity index (χ1v) is 5.91. The standard InChI is InChI=1S/C14H14N2O/c1-9-4-5-10-3-2-8-15-13(10)12(9)14(17)16-11-6-7-11/h2-5,8,11H,6-7H2,1H3,(H,16,17). The van der Waals surface area contributed by atoms with Crippen LogP contribution in [0, 0.1) is 6.92 Å². The van der Waals surface area contributed by atoms with Gasteiger partial charge in [-0.05, 0) is 31.4 Å². The molecule has 1 N–H and O–H groups in total. The van der Waals surface area contributed by atoms with Crippen molar-refractivity contribution in [1.82, 2.24) is 10.3 Å². The van der Waals surface area contributed by atoms with E-state index in [4.69, 9.17) is 0 Å². The van der Waals surface area contributed by atoms with Gasteiger partial charge in [-0.2, -0.15) is 0 Å². The van der Waals surface area contributed by atoms with E-state index in [1.807, 2.05) is 31.2 Å². The molecule has 2 aromatic rings. The van der Waals surface area contributed by atoms with Crippen molar-refractivity contribution in [1.29, 1.82) is 0 Å². The third-order valence-electron chi connectivity index (χ3n) is 3.12. The first kappa shape index (κ1) is 10.3. The number of hydrogen-bond acceptors (Lipinski definition) is 2. The first-order chi connectivity index (χ1) is 8.25. The van der Waals surface area contributed by atoms with Crippen LogP contribution in [-0.4, -0.2) is 16.9 Å². The highest BCUT2D eigenvalue weighted by molar-refractivity contribution is 6.06. The summed E-state index contributed by atoms with van der Waals surface area (Å²) < 4.78 is 0. The zero-order chi connectivity index (χ0) is 11.8. The molecular weight excluding hydrogens is 212 g/mol. The molecule has 1 aromatic heterocycles. The van der Waals surface area contributed by atoms with Crippen LogP contribution in [0.5, 0.6) is 0 Å². The second kappa shape index (κ2) is 3.84. The van der Waals surface area contributed by atoms with Gasteiger partial charge in [0.1, 0.15) is 0 Å². The number of carbonyl (C=O) groups is 1. The Labute approximate surface area is 99.9 Å². The van der Waals surface area contributed by atoms with E-state index in [1.54, 1.807) is 6.20 Å². The molecule has 1 aliphatic rings. The number of aromatic nitrogens is 1. The summed E-state index contributed by atoms with van der Waals surface area (Å²) in [5, 5.41) is 4.04. The van der Waals surface area contributed by atoms with Gasteiger partial charge in [-0.15, -0.1) is 0 Å². The van der Waals surface area contributed by atoms with Gasteiger partial charge in [-0.1, -0.05) is 18.2 Å². The largest absolute Gasteiger partial charge is 0.349 e. The van der Waals surface area contributed by atoms with Crippen molar-refractivity contribution < 1.29 is 4.79 Å². The van der Waals surface area contributed by atoms with E-state index >= 15 is 0 Å². The van der Waals surface area contributed by atoms with Crippen LogP contribution in [0.3, 0.4) is 0 Å². The van der Waals surface area contributed by atoms with E-state index in [1.165, 1.54) is 0 Å². The van der Waals surface area contributed by atoms with Crippen molar-refractivity contribution in [3.05, 3.63) is 41.6 Å². The third kappa shape index (κ3) is 1.88. The number of nitrogens with one attached hydrogen (secondary N) is 1. The van der Waals surface area contributed by atoms with Gasteiger partial charge in [0.25, 0.3) is 5.91 Å². The fourth-order valence-corrected chi connectivity index (χ4v) is 2.02. The van der Waals surface area contributed by atoms with Gasteiger partial charge >= 0.3 is 0 Å². The van der Waals surface area contributed by atoms with Gasteiger partial charge in [0.15, 0.2) is 0 Å². The molecule has 86 valence electrons. The molecule has 0 aliphatic heterocycles. The van der Waals surface area contributed by atoms with Gasteiger partial charge in [0.2, 0.25) is 0 Å². The number of benzene rings is 1. The highest BCUT2D eigenvalue weighted by atomic mass is 16.1. The Morgan fingerprint density at radius 3 is 2.94 bits per heavy atom. The van der Waals surface area contributed by atoms with Crippen molar-refractivity contribution in [2.75, 3.05) is 0 Å². The van der Waals surface area contributed by atoms with E-state index < -0.39 is 0 Å². The van der Waals surface area contributed by atoms with Crippen LogP contribution in [-0.2, 0) is 0 Å². The highest BCUT2D eigenvalue weighted by Gasteiger charge is 2.25. The lowest BCUT2D eigenvalue weighted by Crippen LogP contribution is -2.26. The molecule has 1 fully saturated rings. The monoisotopic (exact) mass is 226 g/mol. The van der Waals surface area contributed by atoms with E-state index in [2.05, 4.69) is 10.3 Å². The number of fused-ring (bicyclic) bond motifs is 1. The van der Waals surface area contributed by atoms with Crippen molar-refractivity contribution in [2.24, 2.45) is 0 Å². The molecule has 3 heteroatoms. The smallest absolute Gasteiger partial charge is 0.253 e. The van der Waals surface area contributed by atoms with Crippen LogP contribution >= 0.6 is 0 Å². The molecule has 0 bridgehead atoms. The minimum Gasteiger partial charge on any atom is -0.349 e. The molecule has 0 atom stereocenters. The topological polar surface area (TPSA) is 42.0 Å². The maximum atomic E-state index is 12.2. The average Bonchev–Trinajstić information content (AvgIpc) is 3.12. The summed E-state index contributed by atoms with van der Waals surface area (Å²) in [6.07, 6.45) is 3.93. The molecule has 1 saturated carbocycles. The first-order valence-electron chi connectivity index (χ1n) is 5.91. The fourth-order valence-electron chi connectivity index (χ4n) is 2.02. The second-order valence-corrected chi connectivity index (χ2v) is 4.58. The van der Waals surface area contributed by atoms with Crippen molar-refractivity contribution >= 4 is 16.8 Å². The molecule has 1 heterocycles. The van der Waals surface area contributed by atoms with Crippen LogP contribution in [0.25, 0.3) is 10.9 Å². The zero-order valence-electron chi connectivity index (χ0n) is 9.73. The van der Waals surface area contributed by atoms with Crippen LogP contribution in [0.1, 0.15) is 28.8 Å². The summed E-state index contributed by atoms with van der Waals surface area (Å²) in [6.45, 7) is 1.95. The van der Waals surface area contributed by atoms with Gasteiger partial charge < -0.3 is 5.32 Å². The number of nitrogens with zero attached hydrogens (tertiary/aromatic N) is 1. The Hall–Kier alpha value is -1.90. The van der Waals surface area contributed by atoms with Gasteiger partial charge in [0.05, 0.1) is 11.1 Å².